The van der Waals surface area contributed by atoms with Crippen molar-refractivity contribution in [2.75, 3.05) is 17.2 Å². The number of aryl methyl sites for hydroxylation is 1. The molecule has 0 spiro atoms. The molecule has 1 atom stereocenters. The highest BCUT2D eigenvalue weighted by molar-refractivity contribution is 8.00. The van der Waals surface area contributed by atoms with Crippen LogP contribution in [0.25, 0.3) is 16.9 Å². The zero-order valence-electron chi connectivity index (χ0n) is 22.7. The van der Waals surface area contributed by atoms with Gasteiger partial charge >= 0.3 is 0 Å². The summed E-state index contributed by atoms with van der Waals surface area (Å²) in [5.41, 5.74) is 4.89. The average Bonchev–Trinajstić information content (AvgIpc) is 3.23. The number of anilines is 1. The van der Waals surface area contributed by atoms with Crippen LogP contribution in [0.2, 0.25) is 0 Å². The molecule has 2 amide bonds. The third-order valence-electron chi connectivity index (χ3n) is 6.94. The van der Waals surface area contributed by atoms with E-state index < -0.39 is 16.9 Å². The van der Waals surface area contributed by atoms with Gasteiger partial charge in [-0.1, -0.05) is 48.5 Å². The topological polar surface area (TPSA) is 67.2 Å². The van der Waals surface area contributed by atoms with Crippen LogP contribution in [-0.2, 0) is 9.59 Å². The minimum Gasteiger partial charge on any atom is -0.352 e. The molecule has 0 saturated carbocycles. The number of rotatable bonds is 6. The quantitative estimate of drug-likeness (QED) is 0.308. The molecule has 5 rings (SSSR count). The molecule has 206 valence electrons. The third-order valence-corrected chi connectivity index (χ3v) is 8.17. The predicted octanol–water partition coefficient (Wildman–Crippen LogP) is 6.13. The summed E-state index contributed by atoms with van der Waals surface area (Å²) in [5.74, 6) is -1.62. The summed E-state index contributed by atoms with van der Waals surface area (Å²) in [6.45, 7) is 7.44. The predicted molar refractivity (Wildman–Crippen MR) is 155 cm³/mol. The van der Waals surface area contributed by atoms with Crippen molar-refractivity contribution in [3.8, 4) is 16.9 Å². The number of carbonyl (C=O) groups excluding carboxylic acids is 2. The van der Waals surface area contributed by atoms with Gasteiger partial charge in [-0.05, 0) is 51.0 Å². The molecular formula is C31H30F2N4O2S. The van der Waals surface area contributed by atoms with Gasteiger partial charge in [0.2, 0.25) is 11.8 Å². The highest BCUT2D eigenvalue weighted by Crippen LogP contribution is 2.49. The Morgan fingerprint density at radius 3 is 2.52 bits per heavy atom. The van der Waals surface area contributed by atoms with Gasteiger partial charge in [-0.3, -0.25) is 14.5 Å². The van der Waals surface area contributed by atoms with Gasteiger partial charge < -0.3 is 5.32 Å². The molecule has 0 saturated heterocycles. The largest absolute Gasteiger partial charge is 0.352 e. The van der Waals surface area contributed by atoms with Gasteiger partial charge in [0.25, 0.3) is 0 Å². The van der Waals surface area contributed by atoms with Gasteiger partial charge in [-0.2, -0.15) is 5.10 Å². The van der Waals surface area contributed by atoms with Crippen LogP contribution in [0.4, 0.5) is 14.6 Å². The molecule has 40 heavy (non-hydrogen) atoms. The maximum atomic E-state index is 15.3. The summed E-state index contributed by atoms with van der Waals surface area (Å²) in [4.78, 5) is 28.2. The van der Waals surface area contributed by atoms with E-state index in [1.165, 1.54) is 28.8 Å². The van der Waals surface area contributed by atoms with E-state index in [2.05, 4.69) is 5.32 Å². The highest BCUT2D eigenvalue weighted by atomic mass is 32.2. The Labute approximate surface area is 236 Å². The monoisotopic (exact) mass is 560 g/mol. The van der Waals surface area contributed by atoms with E-state index >= 15 is 4.39 Å². The molecule has 1 aliphatic heterocycles. The molecule has 9 heteroatoms. The Balaban J connectivity index is 1.85. The smallest absolute Gasteiger partial charge is 0.240 e. The first-order valence-corrected chi connectivity index (χ1v) is 14.1. The van der Waals surface area contributed by atoms with E-state index in [1.807, 2.05) is 76.2 Å². The second-order valence-corrected chi connectivity index (χ2v) is 11.2. The van der Waals surface area contributed by atoms with Crippen molar-refractivity contribution in [1.82, 2.24) is 15.1 Å². The molecular weight excluding hydrogens is 530 g/mol. The van der Waals surface area contributed by atoms with Crippen molar-refractivity contribution in [1.29, 1.82) is 0 Å². The van der Waals surface area contributed by atoms with Gasteiger partial charge in [-0.15, -0.1) is 11.8 Å². The molecule has 0 bridgehead atoms. The fourth-order valence-electron chi connectivity index (χ4n) is 4.93. The zero-order valence-corrected chi connectivity index (χ0v) is 23.6. The summed E-state index contributed by atoms with van der Waals surface area (Å²) in [5, 5.41) is 7.21. The summed E-state index contributed by atoms with van der Waals surface area (Å²) < 4.78 is 31.0. The molecule has 0 radical (unpaired) electrons. The van der Waals surface area contributed by atoms with Crippen LogP contribution < -0.4 is 10.2 Å². The Kier molecular flexibility index (Phi) is 7.76. The van der Waals surface area contributed by atoms with Gasteiger partial charge in [-0.25, -0.2) is 13.5 Å². The molecule has 6 nitrogen and oxygen atoms in total. The minimum absolute atomic E-state index is 0.00779. The summed E-state index contributed by atoms with van der Waals surface area (Å²) in [7, 11) is 0. The van der Waals surface area contributed by atoms with Crippen LogP contribution in [0.5, 0.6) is 0 Å². The SMILES string of the molecule is Cc1cccc(-n2nc(-c3ccccc3)c3c2N(CC(=O)NC(C)C)C(=O)CS[C@@H]3c2ccc(F)cc2F)c1C. The fourth-order valence-corrected chi connectivity index (χ4v) is 6.15. The van der Waals surface area contributed by atoms with Crippen LogP contribution >= 0.6 is 11.8 Å². The molecule has 0 unspecified atom stereocenters. The normalized spacial score (nSPS) is 15.2. The number of benzene rings is 3. The number of nitrogens with zero attached hydrogens (tertiary/aromatic N) is 3. The standard InChI is InChI=1S/C31H30F2N4O2S/c1-18(2)34-26(38)16-36-27(39)17-40-30(23-14-13-22(32)15-24(23)33)28-29(21-10-6-5-7-11-21)35-37(31(28)36)25-12-8-9-19(3)20(25)4/h5-15,18,30H,16-17H2,1-4H3,(H,34,38)/t30-/m1/s1. The lowest BCUT2D eigenvalue weighted by Gasteiger charge is -2.24. The maximum absolute atomic E-state index is 15.3. The van der Waals surface area contributed by atoms with Crippen molar-refractivity contribution in [3.05, 3.63) is 101 Å². The maximum Gasteiger partial charge on any atom is 0.240 e. The van der Waals surface area contributed by atoms with Crippen LogP contribution in [0.3, 0.4) is 0 Å². The number of aromatic nitrogens is 2. The molecule has 1 aromatic heterocycles. The lowest BCUT2D eigenvalue weighted by Crippen LogP contribution is -2.44. The van der Waals surface area contributed by atoms with E-state index in [0.717, 1.165) is 28.4 Å². The van der Waals surface area contributed by atoms with E-state index in [1.54, 1.807) is 4.68 Å². The second kappa shape index (κ2) is 11.3. The van der Waals surface area contributed by atoms with Crippen molar-refractivity contribution >= 4 is 29.4 Å². The minimum atomic E-state index is -0.708. The van der Waals surface area contributed by atoms with Gasteiger partial charge in [0, 0.05) is 28.8 Å². The van der Waals surface area contributed by atoms with Gasteiger partial charge in [0.05, 0.1) is 22.4 Å². The summed E-state index contributed by atoms with van der Waals surface area (Å²) >= 11 is 1.24. The molecule has 1 N–H and O–H groups in total. The number of carbonyl (C=O) groups is 2. The van der Waals surface area contributed by atoms with Crippen LogP contribution in [0, 0.1) is 25.5 Å². The molecule has 4 aromatic rings. The van der Waals surface area contributed by atoms with Crippen LogP contribution in [-0.4, -0.2) is 39.9 Å². The van der Waals surface area contributed by atoms with E-state index in [9.17, 15) is 14.0 Å². The Morgan fingerprint density at radius 1 is 1.07 bits per heavy atom. The van der Waals surface area contributed by atoms with Gasteiger partial charge in [0.15, 0.2) is 0 Å². The number of nitrogens with one attached hydrogen (secondary N) is 1. The first kappa shape index (κ1) is 27.6. The Bertz CT molecular complexity index is 1590. The lowest BCUT2D eigenvalue weighted by atomic mass is 9.99. The van der Waals surface area contributed by atoms with Crippen molar-refractivity contribution in [3.63, 3.8) is 0 Å². The molecule has 3 aromatic carbocycles. The lowest BCUT2D eigenvalue weighted by molar-refractivity contribution is -0.123. The number of halogens is 2. The Hall–Kier alpha value is -3.98. The number of fused-ring (bicyclic) bond motifs is 1. The molecule has 1 aliphatic rings. The fraction of sp³-hybridized carbons (Fsp3) is 0.258. The Morgan fingerprint density at radius 2 is 1.82 bits per heavy atom. The molecule has 0 aliphatic carbocycles. The first-order chi connectivity index (χ1) is 19.2. The van der Waals surface area contributed by atoms with Crippen LogP contribution in [0.15, 0.2) is 66.7 Å². The summed E-state index contributed by atoms with van der Waals surface area (Å²) in [6, 6.07) is 18.7. The molecule has 0 fully saturated rings. The number of thioether (sulfide) groups is 1. The van der Waals surface area contributed by atoms with Crippen molar-refractivity contribution in [2.24, 2.45) is 0 Å². The van der Waals surface area contributed by atoms with Crippen molar-refractivity contribution in [2.45, 2.75) is 39.0 Å². The van der Waals surface area contributed by atoms with E-state index in [-0.39, 0.29) is 35.7 Å². The van der Waals surface area contributed by atoms with E-state index in [4.69, 9.17) is 5.10 Å². The van der Waals surface area contributed by atoms with E-state index in [0.29, 0.717) is 17.1 Å². The summed E-state index contributed by atoms with van der Waals surface area (Å²) in [6.07, 6.45) is 0. The van der Waals surface area contributed by atoms with Crippen LogP contribution in [0.1, 0.15) is 41.4 Å². The average molecular weight is 561 g/mol. The van der Waals surface area contributed by atoms with Gasteiger partial charge in [0.1, 0.15) is 24.0 Å². The first-order valence-electron chi connectivity index (χ1n) is 13.1. The number of hydrogen-bond donors (Lipinski definition) is 1. The number of hydrogen-bond acceptors (Lipinski definition) is 4. The zero-order chi connectivity index (χ0) is 28.6. The third kappa shape index (κ3) is 5.25. The number of amides is 2. The highest BCUT2D eigenvalue weighted by Gasteiger charge is 2.38. The second-order valence-electron chi connectivity index (χ2n) is 10.1. The molecule has 2 heterocycles. The van der Waals surface area contributed by atoms with Crippen molar-refractivity contribution < 1.29 is 18.4 Å².